The minimum atomic E-state index is -2.69. The third-order valence-corrected chi connectivity index (χ3v) is 11.9. The van der Waals surface area contributed by atoms with Crippen molar-refractivity contribution < 1.29 is 32.3 Å². The summed E-state index contributed by atoms with van der Waals surface area (Å²) in [5, 5.41) is 27.3. The Labute approximate surface area is 324 Å². The first-order valence-corrected chi connectivity index (χ1v) is 19.1. The van der Waals surface area contributed by atoms with E-state index in [2.05, 4.69) is 40.6 Å². The number of halogens is 4. The average Bonchev–Trinajstić information content (AvgIpc) is 3.90. The van der Waals surface area contributed by atoms with Crippen molar-refractivity contribution in [1.82, 2.24) is 45.0 Å². The number of H-pyrrole nitrogens is 1. The number of alkyl halides is 4. The molecule has 0 unspecified atom stereocenters. The van der Waals surface area contributed by atoms with E-state index >= 15 is 0 Å². The van der Waals surface area contributed by atoms with Crippen molar-refractivity contribution in [3.8, 4) is 0 Å². The van der Waals surface area contributed by atoms with E-state index in [-0.39, 0.29) is 42.0 Å². The minimum absolute atomic E-state index is 0.0217. The zero-order chi connectivity index (χ0) is 39.6. The molecule has 14 nitrogen and oxygen atoms in total. The van der Waals surface area contributed by atoms with Crippen LogP contribution in [0, 0.1) is 17.8 Å². The van der Waals surface area contributed by atoms with Crippen LogP contribution in [0.15, 0.2) is 49.1 Å². The van der Waals surface area contributed by atoms with Crippen LogP contribution in [0.5, 0.6) is 0 Å². The molecule has 4 fully saturated rings. The van der Waals surface area contributed by atoms with Crippen LogP contribution < -0.4 is 15.1 Å². The van der Waals surface area contributed by atoms with Gasteiger partial charge in [0.05, 0.1) is 48.3 Å². The van der Waals surface area contributed by atoms with Gasteiger partial charge < -0.3 is 20.2 Å². The zero-order valence-corrected chi connectivity index (χ0v) is 31.1. The molecule has 18 heteroatoms. The molecular weight excluding hydrogens is 746 g/mol. The smallest absolute Gasteiger partial charge is 0.338 e. The number of amides is 1. The highest BCUT2D eigenvalue weighted by Gasteiger charge is 2.53. The summed E-state index contributed by atoms with van der Waals surface area (Å²) in [6.45, 7) is 5.75. The number of carbonyl (C=O) groups excluding carboxylic acids is 1. The molecule has 3 N–H and O–H groups in total. The molecule has 7 heterocycles. The molecule has 1 atom stereocenters. The number of aromatic amines is 1. The van der Waals surface area contributed by atoms with Crippen LogP contribution in [0.25, 0.3) is 0 Å². The number of aromatic carboxylic acids is 1. The Morgan fingerprint density at radius 2 is 1.33 bits per heavy atom. The van der Waals surface area contributed by atoms with Crippen LogP contribution in [-0.4, -0.2) is 82.9 Å². The molecule has 57 heavy (non-hydrogen) atoms. The lowest BCUT2D eigenvalue weighted by Gasteiger charge is -2.41. The average molecular weight is 788 g/mol. The van der Waals surface area contributed by atoms with Crippen molar-refractivity contribution in [2.75, 3.05) is 36.0 Å². The van der Waals surface area contributed by atoms with Crippen molar-refractivity contribution in [2.45, 2.75) is 77.4 Å². The summed E-state index contributed by atoms with van der Waals surface area (Å²) in [6, 6.07) is 6.74. The highest BCUT2D eigenvalue weighted by Crippen LogP contribution is 2.54. The molecule has 2 aliphatic heterocycles. The van der Waals surface area contributed by atoms with Crippen molar-refractivity contribution in [1.29, 1.82) is 0 Å². The molecule has 2 saturated heterocycles. The number of hydrogen-bond donors (Lipinski definition) is 3. The third kappa shape index (κ3) is 7.32. The molecule has 3 aliphatic carbocycles. The lowest BCUT2D eigenvalue weighted by molar-refractivity contribution is 0.0696. The Morgan fingerprint density at radius 3 is 1.81 bits per heavy atom. The van der Waals surface area contributed by atoms with Crippen molar-refractivity contribution >= 4 is 23.5 Å². The first-order chi connectivity index (χ1) is 27.4. The highest BCUT2D eigenvalue weighted by molar-refractivity contribution is 5.94. The van der Waals surface area contributed by atoms with E-state index in [1.165, 1.54) is 53.6 Å². The van der Waals surface area contributed by atoms with E-state index in [1.807, 2.05) is 11.8 Å². The van der Waals surface area contributed by atoms with E-state index < -0.39 is 18.8 Å². The number of carboxylic acids is 1. The van der Waals surface area contributed by atoms with Gasteiger partial charge in [0.2, 0.25) is 0 Å². The van der Waals surface area contributed by atoms with Gasteiger partial charge in [0, 0.05) is 66.2 Å². The number of aryl methyl sites for hydroxylation is 1. The summed E-state index contributed by atoms with van der Waals surface area (Å²) in [4.78, 5) is 36.1. The predicted molar refractivity (Wildman–Crippen MR) is 198 cm³/mol. The second-order valence-electron chi connectivity index (χ2n) is 16.2. The standard InChI is InChI=1S/C23H25F2N7O.C16H16F2N4O2/c1-13-16-3-4-17(20(16)30-29-13)27-22(33)15-8-26-32(10-15)9-14-2-5-18(28-19(14)21(24)25)31-11-23(12-31)6-7-23;17-14(18)13-10(6-22-7-11(5-19-22)15(23)24)1-2-12(20-13)21-8-16(9-21)3-4-16/h2,5,8,10,17,21H,3-4,6-7,9,11-12H2,1H3,(H,27,33)(H,29,30);1-2,5,7,14H,3-4,6,8-9H2,(H,23,24)/t17-;/m1./s1. The Balaban J connectivity index is 0.000000156. The molecule has 2 spiro atoms. The summed E-state index contributed by atoms with van der Waals surface area (Å²) in [5.74, 6) is -0.167. The van der Waals surface area contributed by atoms with Crippen LogP contribution in [0.1, 0.15) is 111 Å². The van der Waals surface area contributed by atoms with Gasteiger partial charge in [-0.2, -0.15) is 15.3 Å². The van der Waals surface area contributed by atoms with Crippen LogP contribution in [0.3, 0.4) is 0 Å². The summed E-state index contributed by atoms with van der Waals surface area (Å²) in [6.07, 6.45) is 6.75. The van der Waals surface area contributed by atoms with Gasteiger partial charge >= 0.3 is 5.97 Å². The fraction of sp³-hybridized carbons (Fsp3) is 0.462. The molecule has 0 aromatic carbocycles. The third-order valence-electron chi connectivity index (χ3n) is 11.9. The second-order valence-corrected chi connectivity index (χ2v) is 16.2. The molecule has 298 valence electrons. The van der Waals surface area contributed by atoms with Gasteiger partial charge in [-0.25, -0.2) is 32.3 Å². The van der Waals surface area contributed by atoms with E-state index in [9.17, 15) is 27.2 Å². The van der Waals surface area contributed by atoms with Gasteiger partial charge in [-0.1, -0.05) is 12.1 Å². The normalized spacial score (nSPS) is 19.3. The number of aromatic nitrogens is 8. The van der Waals surface area contributed by atoms with E-state index in [4.69, 9.17) is 5.11 Å². The Bertz CT molecular complexity index is 2330. The minimum Gasteiger partial charge on any atom is -0.478 e. The van der Waals surface area contributed by atoms with Crippen molar-refractivity contribution in [3.63, 3.8) is 0 Å². The molecule has 5 aromatic heterocycles. The van der Waals surface area contributed by atoms with E-state index in [0.717, 1.165) is 56.0 Å². The van der Waals surface area contributed by atoms with Gasteiger partial charge in [0.1, 0.15) is 23.0 Å². The van der Waals surface area contributed by atoms with E-state index in [1.54, 1.807) is 30.5 Å². The number of carboxylic acid groups (broad SMARTS) is 1. The lowest BCUT2D eigenvalue weighted by atomic mass is 9.97. The lowest BCUT2D eigenvalue weighted by Crippen LogP contribution is -2.49. The molecule has 5 aliphatic rings. The molecule has 0 bridgehead atoms. The predicted octanol–water partition coefficient (Wildman–Crippen LogP) is 5.88. The summed E-state index contributed by atoms with van der Waals surface area (Å²) >= 11 is 0. The molecule has 2 saturated carbocycles. The second kappa shape index (κ2) is 14.0. The fourth-order valence-corrected chi connectivity index (χ4v) is 8.18. The topological polar surface area (TPSA) is 163 Å². The van der Waals surface area contributed by atoms with Gasteiger partial charge in [-0.15, -0.1) is 0 Å². The molecule has 5 aromatic rings. The number of carbonyl (C=O) groups is 2. The van der Waals surface area contributed by atoms with Crippen LogP contribution >= 0.6 is 0 Å². The van der Waals surface area contributed by atoms with Crippen LogP contribution in [-0.2, 0) is 19.5 Å². The largest absolute Gasteiger partial charge is 0.478 e. The summed E-state index contributed by atoms with van der Waals surface area (Å²) < 4.78 is 57.1. The van der Waals surface area contributed by atoms with Gasteiger partial charge in [-0.05, 0) is 63.1 Å². The SMILES string of the molecule is Cc1[nH]nc2c1CC[C@H]2NC(=O)c1cnn(Cc2ccc(N3CC4(CC4)C3)nc2C(F)F)c1.O=C(O)c1cnn(Cc2ccc(N3CC4(CC4)C3)nc2C(F)F)c1. The first-order valence-electron chi connectivity index (χ1n) is 19.1. The molecule has 0 radical (unpaired) electrons. The Morgan fingerprint density at radius 1 is 0.825 bits per heavy atom. The van der Waals surface area contributed by atoms with E-state index in [0.29, 0.717) is 39.2 Å². The summed E-state index contributed by atoms with van der Waals surface area (Å²) in [5.41, 5.74) is 4.59. The Hall–Kier alpha value is -5.81. The maximum absolute atomic E-state index is 13.8. The molecule has 10 rings (SSSR count). The first kappa shape index (κ1) is 36.8. The van der Waals surface area contributed by atoms with Crippen molar-refractivity contribution in [2.24, 2.45) is 10.8 Å². The Kier molecular flexibility index (Phi) is 9.03. The maximum Gasteiger partial charge on any atom is 0.338 e. The molecular formula is C39H41F4N11O3. The zero-order valence-electron chi connectivity index (χ0n) is 31.1. The van der Waals surface area contributed by atoms with Gasteiger partial charge in [0.25, 0.3) is 18.8 Å². The van der Waals surface area contributed by atoms with Crippen LogP contribution in [0.2, 0.25) is 0 Å². The number of nitrogens with zero attached hydrogens (tertiary/aromatic N) is 9. The number of nitrogens with one attached hydrogen (secondary N) is 2. The number of anilines is 2. The number of rotatable bonds is 11. The van der Waals surface area contributed by atoms with Gasteiger partial charge in [-0.3, -0.25) is 19.3 Å². The number of hydrogen-bond acceptors (Lipinski definition) is 9. The van der Waals surface area contributed by atoms with Gasteiger partial charge in [0.15, 0.2) is 0 Å². The number of pyridine rings is 2. The summed E-state index contributed by atoms with van der Waals surface area (Å²) in [7, 11) is 0. The number of fused-ring (bicyclic) bond motifs is 1. The molecule has 1 amide bonds. The fourth-order valence-electron chi connectivity index (χ4n) is 8.18. The van der Waals surface area contributed by atoms with Crippen molar-refractivity contribution in [3.05, 3.63) is 99.6 Å². The monoisotopic (exact) mass is 787 g/mol. The highest BCUT2D eigenvalue weighted by atomic mass is 19.3. The maximum atomic E-state index is 13.8. The quantitative estimate of drug-likeness (QED) is 0.138. The van der Waals surface area contributed by atoms with Crippen LogP contribution in [0.4, 0.5) is 29.2 Å².